The molecule has 0 aromatic carbocycles. The fourth-order valence-electron chi connectivity index (χ4n) is 2.75. The zero-order valence-corrected chi connectivity index (χ0v) is 10.4. The molecule has 2 aliphatic carbocycles. The van der Waals surface area contributed by atoms with E-state index in [0.717, 1.165) is 51.4 Å². The minimum atomic E-state index is -3.20. The minimum absolute atomic E-state index is 0.221. The summed E-state index contributed by atoms with van der Waals surface area (Å²) in [6.45, 7) is 0. The predicted molar refractivity (Wildman–Crippen MR) is 62.6 cm³/mol. The van der Waals surface area contributed by atoms with Gasteiger partial charge in [0, 0.05) is 6.04 Å². The minimum Gasteiger partial charge on any atom is -0.391 e. The Labute approximate surface area is 97.5 Å². The van der Waals surface area contributed by atoms with Gasteiger partial charge in [-0.1, -0.05) is 25.7 Å². The molecular formula is C11H21NO3S. The molecule has 94 valence electrons. The molecule has 2 atom stereocenters. The molecule has 5 heteroatoms. The van der Waals surface area contributed by atoms with Crippen LogP contribution in [0.15, 0.2) is 0 Å². The van der Waals surface area contributed by atoms with Crippen molar-refractivity contribution in [2.75, 3.05) is 0 Å². The van der Waals surface area contributed by atoms with Crippen molar-refractivity contribution in [1.82, 2.24) is 4.72 Å². The van der Waals surface area contributed by atoms with Gasteiger partial charge in [0.2, 0.25) is 10.0 Å². The van der Waals surface area contributed by atoms with Crippen molar-refractivity contribution in [1.29, 1.82) is 0 Å². The maximum absolute atomic E-state index is 12.0. The van der Waals surface area contributed by atoms with Crippen molar-refractivity contribution in [3.05, 3.63) is 0 Å². The summed E-state index contributed by atoms with van der Waals surface area (Å²) in [5.74, 6) is 0. The third kappa shape index (κ3) is 2.76. The Morgan fingerprint density at radius 2 is 1.50 bits per heavy atom. The fraction of sp³-hybridized carbons (Fsp3) is 1.00. The van der Waals surface area contributed by atoms with Gasteiger partial charge in [0.05, 0.1) is 11.4 Å². The first-order valence-corrected chi connectivity index (χ1v) is 7.83. The molecule has 0 heterocycles. The van der Waals surface area contributed by atoms with Crippen molar-refractivity contribution in [3.8, 4) is 0 Å². The van der Waals surface area contributed by atoms with Gasteiger partial charge in [-0.25, -0.2) is 13.1 Å². The second kappa shape index (κ2) is 5.02. The zero-order valence-electron chi connectivity index (χ0n) is 9.56. The number of rotatable bonds is 3. The average Bonchev–Trinajstić information content (AvgIpc) is 2.75. The molecule has 0 bridgehead atoms. The van der Waals surface area contributed by atoms with Gasteiger partial charge in [0.15, 0.2) is 0 Å². The summed E-state index contributed by atoms with van der Waals surface area (Å²) in [6, 6.07) is -0.251. The summed E-state index contributed by atoms with van der Waals surface area (Å²) in [5.41, 5.74) is 0. The lowest BCUT2D eigenvalue weighted by Crippen LogP contribution is -2.47. The van der Waals surface area contributed by atoms with E-state index in [4.69, 9.17) is 0 Å². The van der Waals surface area contributed by atoms with Gasteiger partial charge in [-0.05, 0) is 25.7 Å². The highest BCUT2D eigenvalue weighted by atomic mass is 32.2. The maximum atomic E-state index is 12.0. The van der Waals surface area contributed by atoms with Gasteiger partial charge >= 0.3 is 0 Å². The molecule has 2 rings (SSSR count). The van der Waals surface area contributed by atoms with Gasteiger partial charge in [0.1, 0.15) is 0 Å². The lowest BCUT2D eigenvalue weighted by atomic mass is 9.93. The quantitative estimate of drug-likeness (QED) is 0.786. The summed E-state index contributed by atoms with van der Waals surface area (Å²) in [6.07, 6.45) is 6.58. The van der Waals surface area contributed by atoms with E-state index in [1.165, 1.54) is 0 Å². The number of hydrogen-bond donors (Lipinski definition) is 2. The fourth-order valence-corrected chi connectivity index (χ4v) is 4.60. The summed E-state index contributed by atoms with van der Waals surface area (Å²) in [7, 11) is -3.20. The van der Waals surface area contributed by atoms with E-state index in [2.05, 4.69) is 4.72 Å². The van der Waals surface area contributed by atoms with Gasteiger partial charge in [-0.15, -0.1) is 0 Å². The second-order valence-corrected chi connectivity index (χ2v) is 7.02. The van der Waals surface area contributed by atoms with Crippen molar-refractivity contribution in [2.24, 2.45) is 0 Å². The molecule has 0 radical (unpaired) electrons. The van der Waals surface area contributed by atoms with Crippen LogP contribution in [0.1, 0.15) is 51.4 Å². The molecule has 0 saturated heterocycles. The molecule has 0 amide bonds. The van der Waals surface area contributed by atoms with Crippen molar-refractivity contribution < 1.29 is 13.5 Å². The van der Waals surface area contributed by atoms with Crippen LogP contribution in [0, 0.1) is 0 Å². The highest BCUT2D eigenvalue weighted by Gasteiger charge is 2.33. The number of aliphatic hydroxyl groups excluding tert-OH is 1. The molecular weight excluding hydrogens is 226 g/mol. The van der Waals surface area contributed by atoms with Crippen LogP contribution in [0.4, 0.5) is 0 Å². The average molecular weight is 247 g/mol. The van der Waals surface area contributed by atoms with Crippen LogP contribution >= 0.6 is 0 Å². The molecule has 0 aromatic rings. The maximum Gasteiger partial charge on any atom is 0.214 e. The number of hydrogen-bond acceptors (Lipinski definition) is 3. The molecule has 2 saturated carbocycles. The summed E-state index contributed by atoms with van der Waals surface area (Å²) >= 11 is 0. The predicted octanol–water partition coefficient (Wildman–Crippen LogP) is 1.15. The van der Waals surface area contributed by atoms with Crippen LogP contribution in [-0.2, 0) is 10.0 Å². The normalized spacial score (nSPS) is 33.1. The Balaban J connectivity index is 1.96. The molecule has 4 nitrogen and oxygen atoms in total. The Hall–Kier alpha value is -0.130. The first-order valence-electron chi connectivity index (χ1n) is 6.29. The summed E-state index contributed by atoms with van der Waals surface area (Å²) in [4.78, 5) is 0. The van der Waals surface area contributed by atoms with Crippen molar-refractivity contribution in [3.63, 3.8) is 0 Å². The first kappa shape index (κ1) is 12.3. The van der Waals surface area contributed by atoms with E-state index in [1.807, 2.05) is 0 Å². The van der Waals surface area contributed by atoms with E-state index < -0.39 is 16.1 Å². The van der Waals surface area contributed by atoms with E-state index >= 15 is 0 Å². The first-order chi connectivity index (χ1) is 7.59. The highest BCUT2D eigenvalue weighted by molar-refractivity contribution is 7.90. The highest BCUT2D eigenvalue weighted by Crippen LogP contribution is 2.26. The third-order valence-electron chi connectivity index (χ3n) is 3.79. The third-order valence-corrected chi connectivity index (χ3v) is 5.77. The monoisotopic (exact) mass is 247 g/mol. The van der Waals surface area contributed by atoms with E-state index in [1.54, 1.807) is 0 Å². The van der Waals surface area contributed by atoms with Crippen LogP contribution < -0.4 is 4.72 Å². The molecule has 16 heavy (non-hydrogen) atoms. The lowest BCUT2D eigenvalue weighted by Gasteiger charge is -2.29. The van der Waals surface area contributed by atoms with Crippen LogP contribution in [0.5, 0.6) is 0 Å². The largest absolute Gasteiger partial charge is 0.391 e. The zero-order chi connectivity index (χ0) is 11.6. The number of nitrogens with one attached hydrogen (secondary N) is 1. The molecule has 0 aliphatic heterocycles. The summed E-state index contributed by atoms with van der Waals surface area (Å²) in [5, 5.41) is 9.53. The number of aliphatic hydroxyl groups is 1. The van der Waals surface area contributed by atoms with Crippen LogP contribution in [0.25, 0.3) is 0 Å². The van der Waals surface area contributed by atoms with Gasteiger partial charge < -0.3 is 5.11 Å². The second-order valence-electron chi connectivity index (χ2n) is 5.03. The van der Waals surface area contributed by atoms with Crippen LogP contribution in [-0.4, -0.2) is 30.9 Å². The SMILES string of the molecule is O=S(=O)(NC1CCCCC1O)C1CCCC1. The molecule has 0 aromatic heterocycles. The van der Waals surface area contributed by atoms with E-state index in [-0.39, 0.29) is 11.3 Å². The van der Waals surface area contributed by atoms with Crippen LogP contribution in [0.3, 0.4) is 0 Å². The molecule has 2 aliphatic rings. The van der Waals surface area contributed by atoms with E-state index in [0.29, 0.717) is 0 Å². The smallest absolute Gasteiger partial charge is 0.214 e. The van der Waals surface area contributed by atoms with Crippen LogP contribution in [0.2, 0.25) is 0 Å². The Bertz CT molecular complexity index is 322. The van der Waals surface area contributed by atoms with Gasteiger partial charge in [0.25, 0.3) is 0 Å². The molecule has 2 unspecified atom stereocenters. The lowest BCUT2D eigenvalue weighted by molar-refractivity contribution is 0.101. The summed E-state index contributed by atoms with van der Waals surface area (Å²) < 4.78 is 26.8. The van der Waals surface area contributed by atoms with Gasteiger partial charge in [-0.2, -0.15) is 0 Å². The molecule has 2 N–H and O–H groups in total. The van der Waals surface area contributed by atoms with E-state index in [9.17, 15) is 13.5 Å². The van der Waals surface area contributed by atoms with Crippen molar-refractivity contribution >= 4 is 10.0 Å². The Morgan fingerprint density at radius 1 is 0.938 bits per heavy atom. The Kier molecular flexibility index (Phi) is 3.87. The Morgan fingerprint density at radius 3 is 2.12 bits per heavy atom. The standard InChI is InChI=1S/C11H21NO3S/c13-11-8-4-3-7-10(11)12-16(14,15)9-5-1-2-6-9/h9-13H,1-8H2. The van der Waals surface area contributed by atoms with Crippen molar-refractivity contribution in [2.45, 2.75) is 68.8 Å². The molecule has 2 fully saturated rings. The number of sulfonamides is 1. The molecule has 0 spiro atoms. The topological polar surface area (TPSA) is 66.4 Å². The van der Waals surface area contributed by atoms with Gasteiger partial charge in [-0.3, -0.25) is 0 Å².